The van der Waals surface area contributed by atoms with E-state index in [0.717, 1.165) is 22.6 Å². The van der Waals surface area contributed by atoms with Crippen LogP contribution in [0.4, 0.5) is 5.69 Å². The molecule has 2 aromatic rings. The third-order valence-corrected chi connectivity index (χ3v) is 3.59. The van der Waals surface area contributed by atoms with Gasteiger partial charge in [0.1, 0.15) is 5.75 Å². The van der Waals surface area contributed by atoms with Crippen LogP contribution in [-0.4, -0.2) is 26.2 Å². The van der Waals surface area contributed by atoms with Gasteiger partial charge in [0, 0.05) is 11.3 Å². The summed E-state index contributed by atoms with van der Waals surface area (Å²) in [6.45, 7) is 1.23. The van der Waals surface area contributed by atoms with Gasteiger partial charge in [-0.1, -0.05) is 24.3 Å². The van der Waals surface area contributed by atoms with Crippen LogP contribution in [0.3, 0.4) is 0 Å². The highest BCUT2D eigenvalue weighted by Crippen LogP contribution is 2.24. The topological polar surface area (TPSA) is 56.8 Å². The van der Waals surface area contributed by atoms with E-state index in [0.29, 0.717) is 19.6 Å². The number of nitrogens with one attached hydrogen (secondary N) is 1. The lowest BCUT2D eigenvalue weighted by Crippen LogP contribution is -2.14. The molecular weight excluding hydrogens is 294 g/mol. The summed E-state index contributed by atoms with van der Waals surface area (Å²) in [6.07, 6.45) is 0.00453. The Morgan fingerprint density at radius 3 is 2.61 bits per heavy atom. The highest BCUT2D eigenvalue weighted by atomic mass is 16.7. The van der Waals surface area contributed by atoms with Gasteiger partial charge >= 0.3 is 0 Å². The maximum Gasteiger partial charge on any atom is 0.228 e. The number of amides is 1. The summed E-state index contributed by atoms with van der Waals surface area (Å²) in [5, 5.41) is 2.88. The molecule has 0 unspecified atom stereocenters. The van der Waals surface area contributed by atoms with Gasteiger partial charge in [0.05, 0.1) is 26.7 Å². The molecule has 0 spiro atoms. The second-order valence-electron chi connectivity index (χ2n) is 5.27. The van der Waals surface area contributed by atoms with Crippen LogP contribution in [0.1, 0.15) is 17.4 Å². The summed E-state index contributed by atoms with van der Waals surface area (Å²) in [6, 6.07) is 15.0. The summed E-state index contributed by atoms with van der Waals surface area (Å²) in [7, 11) is 1.61. The predicted octanol–water partition coefficient (Wildman–Crippen LogP) is 2.92. The summed E-state index contributed by atoms with van der Waals surface area (Å²) in [4.78, 5) is 12.1. The Bertz CT molecular complexity index is 663. The van der Waals surface area contributed by atoms with Gasteiger partial charge in [0.15, 0.2) is 6.29 Å². The van der Waals surface area contributed by atoms with Crippen LogP contribution >= 0.6 is 0 Å². The number of hydrogen-bond acceptors (Lipinski definition) is 4. The number of hydrogen-bond donors (Lipinski definition) is 1. The van der Waals surface area contributed by atoms with Crippen LogP contribution in [0.5, 0.6) is 5.75 Å². The van der Waals surface area contributed by atoms with Gasteiger partial charge in [-0.05, 0) is 29.8 Å². The van der Waals surface area contributed by atoms with Gasteiger partial charge in [-0.25, -0.2) is 0 Å². The number of benzene rings is 2. The second kappa shape index (κ2) is 7.26. The van der Waals surface area contributed by atoms with Crippen LogP contribution in [0.2, 0.25) is 0 Å². The fourth-order valence-electron chi connectivity index (χ4n) is 2.45. The highest BCUT2D eigenvalue weighted by Gasteiger charge is 2.17. The number of carbonyl (C=O) groups is 1. The maximum atomic E-state index is 12.1. The Hall–Kier alpha value is -2.37. The fraction of sp³-hybridized carbons (Fsp3) is 0.278. The summed E-state index contributed by atoms with van der Waals surface area (Å²) < 4.78 is 16.0. The Labute approximate surface area is 135 Å². The molecule has 0 aromatic heterocycles. The van der Waals surface area contributed by atoms with Gasteiger partial charge in [0.25, 0.3) is 0 Å². The minimum Gasteiger partial charge on any atom is -0.497 e. The Kier molecular flexibility index (Phi) is 4.90. The van der Waals surface area contributed by atoms with Crippen LogP contribution < -0.4 is 10.1 Å². The first kappa shape index (κ1) is 15.5. The third kappa shape index (κ3) is 4.09. The lowest BCUT2D eigenvalue weighted by molar-refractivity contribution is -0.115. The molecule has 5 nitrogen and oxygen atoms in total. The number of ether oxygens (including phenoxy) is 3. The van der Waals surface area contributed by atoms with Crippen molar-refractivity contribution in [3.63, 3.8) is 0 Å². The average molecular weight is 313 g/mol. The molecule has 1 fully saturated rings. The van der Waals surface area contributed by atoms with Gasteiger partial charge in [0.2, 0.25) is 5.91 Å². The first-order valence-corrected chi connectivity index (χ1v) is 7.50. The van der Waals surface area contributed by atoms with E-state index in [2.05, 4.69) is 5.32 Å². The van der Waals surface area contributed by atoms with Crippen LogP contribution in [0.25, 0.3) is 0 Å². The van der Waals surface area contributed by atoms with E-state index in [4.69, 9.17) is 14.2 Å². The quantitative estimate of drug-likeness (QED) is 0.922. The van der Waals surface area contributed by atoms with Gasteiger partial charge < -0.3 is 19.5 Å². The van der Waals surface area contributed by atoms with Crippen LogP contribution in [0, 0.1) is 0 Å². The van der Waals surface area contributed by atoms with E-state index >= 15 is 0 Å². The van der Waals surface area contributed by atoms with Gasteiger partial charge in [-0.3, -0.25) is 4.79 Å². The molecule has 23 heavy (non-hydrogen) atoms. The number of methoxy groups -OCH3 is 1. The molecule has 1 saturated heterocycles. The minimum absolute atomic E-state index is 0.0700. The first-order valence-electron chi connectivity index (χ1n) is 7.50. The SMILES string of the molecule is COc1cccc(CC(=O)Nc2ccc(C3OCCO3)cc2)c1. The molecule has 0 bridgehead atoms. The molecular formula is C18H19NO4. The minimum atomic E-state index is -0.295. The molecule has 0 saturated carbocycles. The zero-order valence-corrected chi connectivity index (χ0v) is 13.0. The average Bonchev–Trinajstić information content (AvgIpc) is 3.10. The van der Waals surface area contributed by atoms with Gasteiger partial charge in [-0.2, -0.15) is 0 Å². The molecule has 5 heteroatoms. The third-order valence-electron chi connectivity index (χ3n) is 3.59. The van der Waals surface area contributed by atoms with Crippen molar-refractivity contribution < 1.29 is 19.0 Å². The van der Waals surface area contributed by atoms with E-state index in [9.17, 15) is 4.79 Å². The number of rotatable bonds is 5. The number of carbonyl (C=O) groups excluding carboxylic acids is 1. The summed E-state index contributed by atoms with van der Waals surface area (Å²) in [5.74, 6) is 0.676. The van der Waals surface area contributed by atoms with Gasteiger partial charge in [-0.15, -0.1) is 0 Å². The maximum absolute atomic E-state index is 12.1. The summed E-state index contributed by atoms with van der Waals surface area (Å²) in [5.41, 5.74) is 2.61. The summed E-state index contributed by atoms with van der Waals surface area (Å²) >= 11 is 0. The highest BCUT2D eigenvalue weighted by molar-refractivity contribution is 5.92. The smallest absolute Gasteiger partial charge is 0.228 e. The standard InChI is InChI=1S/C18H19NO4/c1-21-16-4-2-3-13(11-16)12-17(20)19-15-7-5-14(6-8-15)18-22-9-10-23-18/h2-8,11,18H,9-10,12H2,1H3,(H,19,20). The lowest BCUT2D eigenvalue weighted by Gasteiger charge is -2.11. The lowest BCUT2D eigenvalue weighted by atomic mass is 10.1. The normalized spacial score (nSPS) is 14.7. The molecule has 120 valence electrons. The Morgan fingerprint density at radius 1 is 1.17 bits per heavy atom. The zero-order valence-electron chi connectivity index (χ0n) is 13.0. The van der Waals surface area contributed by atoms with Crippen molar-refractivity contribution in [2.75, 3.05) is 25.6 Å². The molecule has 1 heterocycles. The molecule has 1 aliphatic rings. The van der Waals surface area contributed by atoms with Crippen molar-refractivity contribution in [1.29, 1.82) is 0 Å². The van der Waals surface area contributed by atoms with Crippen molar-refractivity contribution in [3.05, 3.63) is 59.7 Å². The molecule has 0 atom stereocenters. The van der Waals surface area contributed by atoms with Crippen molar-refractivity contribution in [2.45, 2.75) is 12.7 Å². The molecule has 1 aliphatic heterocycles. The Balaban J connectivity index is 1.58. The van der Waals surface area contributed by atoms with Crippen molar-refractivity contribution in [2.24, 2.45) is 0 Å². The van der Waals surface area contributed by atoms with Crippen molar-refractivity contribution >= 4 is 11.6 Å². The van der Waals surface area contributed by atoms with Crippen LogP contribution in [0.15, 0.2) is 48.5 Å². The van der Waals surface area contributed by atoms with E-state index in [1.54, 1.807) is 7.11 Å². The number of anilines is 1. The second-order valence-corrected chi connectivity index (χ2v) is 5.27. The molecule has 3 rings (SSSR count). The van der Waals surface area contributed by atoms with Crippen molar-refractivity contribution in [1.82, 2.24) is 0 Å². The molecule has 0 radical (unpaired) electrons. The van der Waals surface area contributed by atoms with Crippen LogP contribution in [-0.2, 0) is 20.7 Å². The molecule has 2 aromatic carbocycles. The van der Waals surface area contributed by atoms with E-state index < -0.39 is 0 Å². The Morgan fingerprint density at radius 2 is 1.91 bits per heavy atom. The predicted molar refractivity (Wildman–Crippen MR) is 86.4 cm³/mol. The fourth-order valence-corrected chi connectivity index (χ4v) is 2.45. The molecule has 0 aliphatic carbocycles. The monoisotopic (exact) mass is 313 g/mol. The molecule has 1 N–H and O–H groups in total. The first-order chi connectivity index (χ1) is 11.2. The molecule has 1 amide bonds. The van der Waals surface area contributed by atoms with E-state index in [-0.39, 0.29) is 12.2 Å². The van der Waals surface area contributed by atoms with E-state index in [1.165, 1.54) is 0 Å². The van der Waals surface area contributed by atoms with E-state index in [1.807, 2.05) is 48.5 Å². The zero-order chi connectivity index (χ0) is 16.1. The largest absolute Gasteiger partial charge is 0.497 e. The van der Waals surface area contributed by atoms with Crippen molar-refractivity contribution in [3.8, 4) is 5.75 Å².